The molecule has 0 saturated heterocycles. The van der Waals surface area contributed by atoms with Gasteiger partial charge in [0.05, 0.1) is 32.3 Å². The molecule has 1 heterocycles. The van der Waals surface area contributed by atoms with Crippen molar-refractivity contribution in [2.24, 2.45) is 10.9 Å². The number of nitro benzene ring substituents is 1. The second kappa shape index (κ2) is 9.76. The molecule has 0 spiro atoms. The zero-order valence-corrected chi connectivity index (χ0v) is 19.1. The number of nitrogens with zero attached hydrogens (tertiary/aromatic N) is 4. The van der Waals surface area contributed by atoms with Crippen molar-refractivity contribution in [1.29, 1.82) is 0 Å². The molecule has 2 N–H and O–H groups in total. The lowest BCUT2D eigenvalue weighted by atomic mass is 10.00. The summed E-state index contributed by atoms with van der Waals surface area (Å²) in [5.74, 6) is 2.41. The van der Waals surface area contributed by atoms with Gasteiger partial charge in [0.1, 0.15) is 12.9 Å². The number of amides is 3. The predicted octanol–water partition coefficient (Wildman–Crippen LogP) is 3.01. The summed E-state index contributed by atoms with van der Waals surface area (Å²) < 4.78 is 0. The van der Waals surface area contributed by atoms with Gasteiger partial charge in [-0.3, -0.25) is 39.1 Å². The molecule has 36 heavy (non-hydrogen) atoms. The molecule has 0 aromatic heterocycles. The molecule has 3 amide bonds. The van der Waals surface area contributed by atoms with E-state index in [0.29, 0.717) is 0 Å². The van der Waals surface area contributed by atoms with Gasteiger partial charge >= 0.3 is 0 Å². The largest absolute Gasteiger partial charge is 0.322 e. The van der Waals surface area contributed by atoms with Crippen molar-refractivity contribution in [3.05, 3.63) is 104 Å². The molecular formula is C24H16ClN5O6. The van der Waals surface area contributed by atoms with Gasteiger partial charge in [0.2, 0.25) is 0 Å². The van der Waals surface area contributed by atoms with E-state index >= 15 is 0 Å². The number of benzene rings is 3. The Bertz CT molecular complexity index is 1440. The minimum absolute atomic E-state index is 0.0401. The van der Waals surface area contributed by atoms with Crippen LogP contribution >= 0.6 is 11.6 Å². The molecule has 0 atom stereocenters. The van der Waals surface area contributed by atoms with Gasteiger partial charge in [0, 0.05) is 17.7 Å². The smallest absolute Gasteiger partial charge is 0.270 e. The van der Waals surface area contributed by atoms with Gasteiger partial charge in [-0.2, -0.15) is 5.10 Å². The molecule has 0 saturated carbocycles. The molecule has 0 radical (unpaired) electrons. The number of hydrazone groups is 1. The molecule has 0 unspecified atom stereocenters. The Morgan fingerprint density at radius 3 is 2.19 bits per heavy atom. The van der Waals surface area contributed by atoms with Crippen molar-refractivity contribution in [2.45, 2.75) is 0 Å². The maximum absolute atomic E-state index is 13.4. The van der Waals surface area contributed by atoms with Gasteiger partial charge in [-0.25, -0.2) is 0 Å². The van der Waals surface area contributed by atoms with E-state index in [2.05, 4.69) is 5.10 Å². The lowest BCUT2D eigenvalue weighted by Crippen LogP contribution is -2.43. The van der Waals surface area contributed by atoms with Crippen molar-refractivity contribution in [3.8, 4) is 0 Å². The highest BCUT2D eigenvalue weighted by atomic mass is 35.5. The topological polar surface area (TPSA) is 156 Å². The fraction of sp³-hybridized carbons (Fsp3) is 0.0417. The molecule has 11 nitrogen and oxygen atoms in total. The summed E-state index contributed by atoms with van der Waals surface area (Å²) in [7, 11) is 0. The molecule has 1 aliphatic heterocycles. The zero-order chi connectivity index (χ0) is 26.0. The van der Waals surface area contributed by atoms with E-state index in [1.165, 1.54) is 30.3 Å². The van der Waals surface area contributed by atoms with Crippen LogP contribution in [-0.4, -0.2) is 46.2 Å². The summed E-state index contributed by atoms with van der Waals surface area (Å²) in [6.07, 6.45) is 0.880. The van der Waals surface area contributed by atoms with E-state index in [9.17, 15) is 29.3 Å². The number of hydrogen-bond donors (Lipinski definition) is 1. The Kier molecular flexibility index (Phi) is 6.57. The van der Waals surface area contributed by atoms with Crippen LogP contribution in [0.15, 0.2) is 71.8 Å². The van der Waals surface area contributed by atoms with Crippen LogP contribution in [0.4, 0.5) is 11.4 Å². The number of rotatable bonds is 7. The Hall–Kier alpha value is -4.90. The van der Waals surface area contributed by atoms with Crippen molar-refractivity contribution < 1.29 is 24.1 Å². The monoisotopic (exact) mass is 505 g/mol. The number of anilines is 1. The Morgan fingerprint density at radius 1 is 1.00 bits per heavy atom. The summed E-state index contributed by atoms with van der Waals surface area (Å²) in [6, 6.07) is 15.4. The van der Waals surface area contributed by atoms with Gasteiger partial charge in [-0.1, -0.05) is 35.9 Å². The molecule has 3 aromatic rings. The summed E-state index contributed by atoms with van der Waals surface area (Å²) in [5.41, 5.74) is -0.419. The molecule has 0 fully saturated rings. The lowest BCUT2D eigenvalue weighted by Gasteiger charge is -2.22. The van der Waals surface area contributed by atoms with Crippen molar-refractivity contribution in [2.75, 3.05) is 11.4 Å². The highest BCUT2D eigenvalue weighted by molar-refractivity contribution is 6.35. The summed E-state index contributed by atoms with van der Waals surface area (Å²) in [4.78, 5) is 64.4. The summed E-state index contributed by atoms with van der Waals surface area (Å²) >= 11 is 6.15. The van der Waals surface area contributed by atoms with Crippen LogP contribution < -0.4 is 10.7 Å². The Balaban J connectivity index is 1.75. The van der Waals surface area contributed by atoms with E-state index in [1.54, 1.807) is 24.3 Å². The number of carbonyl (C=O) groups is 4. The van der Waals surface area contributed by atoms with Crippen LogP contribution in [-0.2, 0) is 4.79 Å². The van der Waals surface area contributed by atoms with Crippen LogP contribution in [0.25, 0.3) is 0 Å². The van der Waals surface area contributed by atoms with Gasteiger partial charge < -0.3 is 5.84 Å². The molecule has 4 rings (SSSR count). The van der Waals surface area contributed by atoms with Crippen LogP contribution in [0, 0.1) is 10.1 Å². The Morgan fingerprint density at radius 2 is 1.61 bits per heavy atom. The highest BCUT2D eigenvalue weighted by Crippen LogP contribution is 2.30. The number of non-ortho nitro benzene ring substituents is 1. The van der Waals surface area contributed by atoms with Gasteiger partial charge in [0.15, 0.2) is 5.78 Å². The van der Waals surface area contributed by atoms with Crippen LogP contribution in [0.3, 0.4) is 0 Å². The number of nitrogens with two attached hydrogens (primary N) is 1. The minimum atomic E-state index is -0.847. The first-order chi connectivity index (χ1) is 17.2. The number of ketones is 1. The number of carbonyl (C=O) groups excluding carboxylic acids is 4. The van der Waals surface area contributed by atoms with E-state index in [-0.39, 0.29) is 33.0 Å². The maximum atomic E-state index is 13.4. The third-order valence-electron chi connectivity index (χ3n) is 5.44. The molecule has 0 aliphatic carbocycles. The summed E-state index contributed by atoms with van der Waals surface area (Å²) in [6.45, 7) is -0.699. The van der Waals surface area contributed by atoms with Crippen LogP contribution in [0.2, 0.25) is 5.02 Å². The predicted molar refractivity (Wildman–Crippen MR) is 130 cm³/mol. The number of halogens is 1. The van der Waals surface area contributed by atoms with Crippen molar-refractivity contribution in [3.63, 3.8) is 0 Å². The first-order valence-electron chi connectivity index (χ1n) is 10.3. The number of hydrogen-bond acceptors (Lipinski definition) is 8. The number of fused-ring (bicyclic) bond motifs is 1. The first-order valence-corrected chi connectivity index (χ1v) is 10.7. The number of imide groups is 1. The quantitative estimate of drug-likeness (QED) is 0.0983. The molecule has 0 bridgehead atoms. The third-order valence-corrected chi connectivity index (χ3v) is 5.77. The molecule has 180 valence electrons. The minimum Gasteiger partial charge on any atom is -0.322 e. The molecule has 1 aliphatic rings. The van der Waals surface area contributed by atoms with E-state index in [0.717, 1.165) is 28.3 Å². The van der Waals surface area contributed by atoms with Crippen LogP contribution in [0.5, 0.6) is 0 Å². The maximum Gasteiger partial charge on any atom is 0.270 e. The zero-order valence-electron chi connectivity index (χ0n) is 18.3. The first kappa shape index (κ1) is 24.2. The van der Waals surface area contributed by atoms with Gasteiger partial charge in [0.25, 0.3) is 23.4 Å². The van der Waals surface area contributed by atoms with Crippen LogP contribution in [0.1, 0.15) is 36.6 Å². The van der Waals surface area contributed by atoms with E-state index in [4.69, 9.17) is 17.4 Å². The fourth-order valence-corrected chi connectivity index (χ4v) is 3.96. The SMILES string of the molecule is NN=CN(C(=O)CN1C(=O)c2ccccc2C1=O)c1ccc([N+](=O)[O-])cc1C(=O)c1ccccc1Cl. The average Bonchev–Trinajstić information content (AvgIpc) is 3.11. The van der Waals surface area contributed by atoms with E-state index in [1.807, 2.05) is 0 Å². The van der Waals surface area contributed by atoms with Gasteiger partial charge in [-0.05, 0) is 30.3 Å². The highest BCUT2D eigenvalue weighted by Gasteiger charge is 2.37. The number of nitro groups is 1. The molecule has 12 heteroatoms. The van der Waals surface area contributed by atoms with Gasteiger partial charge in [-0.15, -0.1) is 0 Å². The molecule has 3 aromatic carbocycles. The molecular weight excluding hydrogens is 490 g/mol. The van der Waals surface area contributed by atoms with Crippen molar-refractivity contribution >= 4 is 52.8 Å². The average molecular weight is 506 g/mol. The fourth-order valence-electron chi connectivity index (χ4n) is 3.74. The van der Waals surface area contributed by atoms with Crippen molar-refractivity contribution in [1.82, 2.24) is 4.90 Å². The second-order valence-electron chi connectivity index (χ2n) is 7.54. The standard InChI is InChI=1S/C24H16ClN5O6/c25-19-8-4-3-7-17(19)22(32)18-11-14(30(35)36)9-10-20(18)29(13-27-26)21(31)12-28-23(33)15-5-1-2-6-16(15)24(28)34/h1-11,13H,12,26H2. The third kappa shape index (κ3) is 4.30. The second-order valence-corrected chi connectivity index (χ2v) is 7.95. The summed E-state index contributed by atoms with van der Waals surface area (Å²) in [5, 5.41) is 14.8. The normalized spacial score (nSPS) is 12.6. The lowest BCUT2D eigenvalue weighted by molar-refractivity contribution is -0.384. The van der Waals surface area contributed by atoms with E-state index < -0.39 is 40.7 Å². The Labute approximate surface area is 208 Å².